The van der Waals surface area contributed by atoms with E-state index in [1.165, 1.54) is 6.42 Å². The molecule has 7 heteroatoms. The van der Waals surface area contributed by atoms with Crippen molar-refractivity contribution in [3.8, 4) is 5.75 Å². The van der Waals surface area contributed by atoms with E-state index < -0.39 is 17.6 Å². The summed E-state index contributed by atoms with van der Waals surface area (Å²) in [5.41, 5.74) is 0.0808. The van der Waals surface area contributed by atoms with Gasteiger partial charge in [-0.2, -0.15) is 0 Å². The summed E-state index contributed by atoms with van der Waals surface area (Å²) in [6.45, 7) is 1.92. The number of nitrogens with zero attached hydrogens (tertiary/aromatic N) is 1. The van der Waals surface area contributed by atoms with Crippen LogP contribution in [0.4, 0.5) is 4.79 Å². The number of ether oxygens (including phenoxy) is 1. The molecule has 1 atom stereocenters. The first-order valence-corrected chi connectivity index (χ1v) is 10.0. The lowest BCUT2D eigenvalue weighted by Gasteiger charge is -2.29. The zero-order chi connectivity index (χ0) is 20.1. The van der Waals surface area contributed by atoms with E-state index in [9.17, 15) is 14.4 Å². The lowest BCUT2D eigenvalue weighted by Crippen LogP contribution is -2.50. The van der Waals surface area contributed by atoms with E-state index in [1.54, 1.807) is 14.0 Å². The number of hydrogen-bond acceptors (Lipinski definition) is 4. The number of amides is 4. The van der Waals surface area contributed by atoms with Crippen LogP contribution in [-0.2, 0) is 16.1 Å². The molecule has 1 heterocycles. The van der Waals surface area contributed by atoms with E-state index in [2.05, 4.69) is 10.6 Å². The quantitative estimate of drug-likeness (QED) is 0.761. The molecule has 1 saturated heterocycles. The van der Waals surface area contributed by atoms with Crippen molar-refractivity contribution in [2.45, 2.75) is 70.0 Å². The molecular formula is C21H29N3O4. The minimum Gasteiger partial charge on any atom is -0.497 e. The van der Waals surface area contributed by atoms with Crippen LogP contribution in [0.3, 0.4) is 0 Å². The van der Waals surface area contributed by atoms with Gasteiger partial charge in [0.1, 0.15) is 17.3 Å². The van der Waals surface area contributed by atoms with Crippen molar-refractivity contribution in [3.05, 3.63) is 29.8 Å². The first-order valence-electron chi connectivity index (χ1n) is 10.0. The fourth-order valence-corrected chi connectivity index (χ4v) is 4.04. The molecule has 0 bridgehead atoms. The lowest BCUT2D eigenvalue weighted by atomic mass is 9.84. The van der Waals surface area contributed by atoms with Crippen molar-refractivity contribution in [3.63, 3.8) is 0 Å². The van der Waals surface area contributed by atoms with Crippen LogP contribution >= 0.6 is 0 Å². The Balaban J connectivity index is 1.63. The molecule has 0 radical (unpaired) electrons. The van der Waals surface area contributed by atoms with Gasteiger partial charge in [0.2, 0.25) is 5.91 Å². The van der Waals surface area contributed by atoms with E-state index in [-0.39, 0.29) is 11.8 Å². The van der Waals surface area contributed by atoms with Crippen LogP contribution in [-0.4, -0.2) is 41.4 Å². The third-order valence-electron chi connectivity index (χ3n) is 5.79. The van der Waals surface area contributed by atoms with Gasteiger partial charge in [-0.25, -0.2) is 9.69 Å². The molecule has 0 aromatic heterocycles. The number of carbonyl (C=O) groups excluding carboxylic acids is 3. The number of benzene rings is 1. The largest absolute Gasteiger partial charge is 0.497 e. The highest BCUT2D eigenvalue weighted by molar-refractivity contribution is 6.09. The van der Waals surface area contributed by atoms with Gasteiger partial charge in [-0.05, 0) is 37.5 Å². The predicted molar refractivity (Wildman–Crippen MR) is 105 cm³/mol. The molecule has 2 aliphatic rings. The zero-order valence-electron chi connectivity index (χ0n) is 16.6. The average Bonchev–Trinajstić information content (AvgIpc) is 2.93. The van der Waals surface area contributed by atoms with E-state index in [0.717, 1.165) is 41.9 Å². The first kappa shape index (κ1) is 20.2. The molecule has 2 N–H and O–H groups in total. The van der Waals surface area contributed by atoms with Gasteiger partial charge < -0.3 is 15.4 Å². The van der Waals surface area contributed by atoms with Crippen molar-refractivity contribution in [1.82, 2.24) is 15.5 Å². The van der Waals surface area contributed by atoms with Gasteiger partial charge in [-0.15, -0.1) is 0 Å². The molecule has 2 fully saturated rings. The second-order valence-electron chi connectivity index (χ2n) is 7.70. The molecule has 4 amide bonds. The fourth-order valence-electron chi connectivity index (χ4n) is 4.04. The Morgan fingerprint density at radius 2 is 1.75 bits per heavy atom. The average molecular weight is 387 g/mol. The third-order valence-corrected chi connectivity index (χ3v) is 5.79. The number of methoxy groups -OCH3 is 1. The predicted octanol–water partition coefficient (Wildman–Crippen LogP) is 2.73. The Bertz CT molecular complexity index is 724. The summed E-state index contributed by atoms with van der Waals surface area (Å²) in [7, 11) is 1.60. The van der Waals surface area contributed by atoms with Gasteiger partial charge in [0.15, 0.2) is 0 Å². The molecule has 0 unspecified atom stereocenters. The Kier molecular flexibility index (Phi) is 6.21. The van der Waals surface area contributed by atoms with Crippen LogP contribution in [0.25, 0.3) is 0 Å². The molecular weight excluding hydrogens is 358 g/mol. The molecule has 152 valence electrons. The van der Waals surface area contributed by atoms with Crippen molar-refractivity contribution < 1.29 is 19.1 Å². The molecule has 3 rings (SSSR count). The van der Waals surface area contributed by atoms with E-state index >= 15 is 0 Å². The third kappa shape index (κ3) is 4.13. The van der Waals surface area contributed by atoms with Gasteiger partial charge in [-0.1, -0.05) is 44.2 Å². The van der Waals surface area contributed by atoms with Crippen LogP contribution in [0.1, 0.15) is 57.4 Å². The minimum atomic E-state index is -0.851. The monoisotopic (exact) mass is 387 g/mol. The Labute approximate surface area is 165 Å². The summed E-state index contributed by atoms with van der Waals surface area (Å²) in [6.07, 6.45) is 6.44. The van der Waals surface area contributed by atoms with Gasteiger partial charge in [-0.3, -0.25) is 9.59 Å². The highest BCUT2D eigenvalue weighted by Crippen LogP contribution is 2.33. The minimum absolute atomic E-state index is 0.258. The summed E-state index contributed by atoms with van der Waals surface area (Å²) in [6, 6.07) is 6.05. The number of urea groups is 1. The number of hydrogen-bond donors (Lipinski definition) is 2. The summed E-state index contributed by atoms with van der Waals surface area (Å²) in [4.78, 5) is 39.3. The molecule has 1 aliphatic heterocycles. The molecule has 1 aliphatic carbocycles. The lowest BCUT2D eigenvalue weighted by molar-refractivity contribution is -0.138. The van der Waals surface area contributed by atoms with Crippen LogP contribution < -0.4 is 15.4 Å². The van der Waals surface area contributed by atoms with E-state index in [1.807, 2.05) is 24.3 Å². The van der Waals surface area contributed by atoms with Crippen molar-refractivity contribution in [2.24, 2.45) is 0 Å². The van der Waals surface area contributed by atoms with E-state index in [4.69, 9.17) is 4.74 Å². The molecule has 1 spiro atoms. The van der Waals surface area contributed by atoms with Crippen molar-refractivity contribution >= 4 is 17.8 Å². The van der Waals surface area contributed by atoms with Gasteiger partial charge >= 0.3 is 6.03 Å². The molecule has 1 aromatic rings. The van der Waals surface area contributed by atoms with Gasteiger partial charge in [0.05, 0.1) is 7.11 Å². The molecule has 7 nitrogen and oxygen atoms in total. The number of rotatable bonds is 5. The van der Waals surface area contributed by atoms with Crippen LogP contribution in [0.15, 0.2) is 24.3 Å². The van der Waals surface area contributed by atoms with Gasteiger partial charge in [0.25, 0.3) is 5.91 Å². The number of imide groups is 1. The highest BCUT2D eigenvalue weighted by atomic mass is 16.5. The summed E-state index contributed by atoms with van der Waals surface area (Å²) in [5.74, 6) is 0.140. The maximum Gasteiger partial charge on any atom is 0.325 e. The maximum atomic E-state index is 13.1. The SMILES string of the molecule is COc1ccc(CNC(=O)[C@H](C)N2C(=O)NC3(CCCCCCC3)C2=O)cc1. The number of nitrogens with one attached hydrogen (secondary N) is 2. The zero-order valence-corrected chi connectivity index (χ0v) is 16.6. The van der Waals surface area contributed by atoms with Crippen LogP contribution in [0.2, 0.25) is 0 Å². The van der Waals surface area contributed by atoms with Crippen LogP contribution in [0, 0.1) is 0 Å². The second-order valence-corrected chi connectivity index (χ2v) is 7.70. The summed E-state index contributed by atoms with van der Waals surface area (Å²) in [5, 5.41) is 5.72. The Morgan fingerprint density at radius 1 is 1.14 bits per heavy atom. The standard InChI is InChI=1S/C21H29N3O4/c1-15(18(25)22-14-16-8-10-17(28-2)11-9-16)24-19(26)21(23-20(24)27)12-6-4-3-5-7-13-21/h8-11,15H,3-7,12-14H2,1-2H3,(H,22,25)(H,23,27)/t15-/m0/s1. The smallest absolute Gasteiger partial charge is 0.325 e. The topological polar surface area (TPSA) is 87.7 Å². The second kappa shape index (κ2) is 8.63. The molecule has 28 heavy (non-hydrogen) atoms. The maximum absolute atomic E-state index is 13.1. The normalized spacial score (nSPS) is 20.3. The van der Waals surface area contributed by atoms with Gasteiger partial charge in [0, 0.05) is 6.54 Å². The van der Waals surface area contributed by atoms with Crippen molar-refractivity contribution in [2.75, 3.05) is 7.11 Å². The Hall–Kier alpha value is -2.57. The molecule has 1 aromatic carbocycles. The summed E-state index contributed by atoms with van der Waals surface area (Å²) >= 11 is 0. The summed E-state index contributed by atoms with van der Waals surface area (Å²) < 4.78 is 5.12. The van der Waals surface area contributed by atoms with Crippen molar-refractivity contribution in [1.29, 1.82) is 0 Å². The fraction of sp³-hybridized carbons (Fsp3) is 0.571. The van der Waals surface area contributed by atoms with E-state index in [0.29, 0.717) is 19.4 Å². The first-order chi connectivity index (χ1) is 13.5. The number of carbonyl (C=O) groups is 3. The Morgan fingerprint density at radius 3 is 2.36 bits per heavy atom. The van der Waals surface area contributed by atoms with Crippen LogP contribution in [0.5, 0.6) is 5.75 Å². The highest BCUT2D eigenvalue weighted by Gasteiger charge is 2.52. The molecule has 1 saturated carbocycles.